The number of phenolic OH excluding ortho intramolecular Hbond substituents is 1. The van der Waals surface area contributed by atoms with Crippen molar-refractivity contribution in [2.45, 2.75) is 32.0 Å². The number of halogens is 3. The highest BCUT2D eigenvalue weighted by molar-refractivity contribution is 5.78. The Bertz CT molecular complexity index is 1040. The number of benzene rings is 1. The summed E-state index contributed by atoms with van der Waals surface area (Å²) in [5, 5.41) is 21.6. The second-order valence-electron chi connectivity index (χ2n) is 6.74. The van der Waals surface area contributed by atoms with Gasteiger partial charge in [-0.1, -0.05) is 0 Å². The minimum absolute atomic E-state index is 0.0124. The van der Waals surface area contributed by atoms with Gasteiger partial charge in [0.1, 0.15) is 11.3 Å². The molecule has 4 rings (SSSR count). The Kier molecular flexibility index (Phi) is 4.20. The van der Waals surface area contributed by atoms with E-state index in [9.17, 15) is 23.1 Å². The van der Waals surface area contributed by atoms with Crippen LogP contribution in [0.15, 0.2) is 24.3 Å². The molecule has 3 heterocycles. The Labute approximate surface area is 157 Å². The monoisotopic (exact) mass is 391 g/mol. The molecule has 7 nitrogen and oxygen atoms in total. The predicted molar refractivity (Wildman–Crippen MR) is 93.4 cm³/mol. The van der Waals surface area contributed by atoms with Crippen molar-refractivity contribution in [1.82, 2.24) is 25.3 Å². The maximum atomic E-state index is 12.9. The summed E-state index contributed by atoms with van der Waals surface area (Å²) in [4.78, 5) is 17.2. The largest absolute Gasteiger partial charge is 0.507 e. The molecule has 3 aromatic rings. The fraction of sp³-hybridized carbons (Fsp3) is 0.333. The van der Waals surface area contributed by atoms with Gasteiger partial charge in [-0.15, -0.1) is 5.10 Å². The number of alkyl halides is 3. The minimum atomic E-state index is -4.55. The lowest BCUT2D eigenvalue weighted by Gasteiger charge is -2.21. The van der Waals surface area contributed by atoms with E-state index in [2.05, 4.69) is 20.5 Å². The van der Waals surface area contributed by atoms with E-state index in [1.807, 2.05) is 0 Å². The van der Waals surface area contributed by atoms with Crippen LogP contribution in [-0.4, -0.2) is 37.5 Å². The van der Waals surface area contributed by atoms with Gasteiger partial charge < -0.3 is 10.4 Å². The molecule has 2 N–H and O–H groups in total. The molecule has 10 heteroatoms. The molecule has 2 aromatic heterocycles. The Morgan fingerprint density at radius 2 is 2.04 bits per heavy atom. The molecule has 1 saturated heterocycles. The number of nitrogens with one attached hydrogen (secondary N) is 1. The van der Waals surface area contributed by atoms with Gasteiger partial charge in [-0.2, -0.15) is 23.1 Å². The molecule has 0 spiro atoms. The zero-order valence-corrected chi connectivity index (χ0v) is 14.8. The van der Waals surface area contributed by atoms with E-state index >= 15 is 0 Å². The number of hydrogen-bond acceptors (Lipinski definition) is 5. The fourth-order valence-corrected chi connectivity index (χ4v) is 3.31. The number of phenols is 1. The number of hydrogen-bond donors (Lipinski definition) is 2. The van der Waals surface area contributed by atoms with Gasteiger partial charge in [0.05, 0.1) is 17.3 Å². The highest BCUT2D eigenvalue weighted by atomic mass is 19.4. The number of amides is 1. The van der Waals surface area contributed by atoms with Crippen LogP contribution in [0.5, 0.6) is 5.75 Å². The molecule has 1 aliphatic rings. The first-order valence-electron chi connectivity index (χ1n) is 8.64. The number of rotatable bonds is 2. The first-order valence-corrected chi connectivity index (χ1v) is 8.64. The Balaban J connectivity index is 1.71. The van der Waals surface area contributed by atoms with E-state index in [-0.39, 0.29) is 23.1 Å². The Hall–Kier alpha value is -3.17. The second-order valence-corrected chi connectivity index (χ2v) is 6.74. The maximum Gasteiger partial charge on any atom is 0.416 e. The van der Waals surface area contributed by atoms with E-state index in [0.29, 0.717) is 42.3 Å². The van der Waals surface area contributed by atoms with Crippen molar-refractivity contribution in [3.63, 3.8) is 0 Å². The van der Waals surface area contributed by atoms with Crippen LogP contribution in [0.3, 0.4) is 0 Å². The maximum absolute atomic E-state index is 12.9. The highest BCUT2D eigenvalue weighted by Gasteiger charge is 2.32. The average molecular weight is 391 g/mol. The molecular formula is C18H16F3N5O2. The van der Waals surface area contributed by atoms with Crippen LogP contribution in [0.1, 0.15) is 30.0 Å². The van der Waals surface area contributed by atoms with Crippen LogP contribution in [0.4, 0.5) is 13.2 Å². The number of pyridine rings is 1. The summed E-state index contributed by atoms with van der Waals surface area (Å²) in [7, 11) is 0. The molecule has 0 aliphatic carbocycles. The van der Waals surface area contributed by atoms with E-state index < -0.39 is 17.5 Å². The normalized spacial score (nSPS) is 17.7. The summed E-state index contributed by atoms with van der Waals surface area (Å²) in [6.07, 6.45) is -3.55. The SMILES string of the molecule is Cc1cc(C(F)(F)F)cc(O)c1-c1ccc2nn(C3CCC(=O)NC3)nc2n1. The molecule has 1 aliphatic heterocycles. The van der Waals surface area contributed by atoms with Crippen LogP contribution in [0.25, 0.3) is 22.4 Å². The van der Waals surface area contributed by atoms with Crippen LogP contribution >= 0.6 is 0 Å². The quantitative estimate of drug-likeness (QED) is 0.701. The average Bonchev–Trinajstić information content (AvgIpc) is 3.04. The molecule has 1 amide bonds. The molecule has 146 valence electrons. The summed E-state index contributed by atoms with van der Waals surface area (Å²) < 4.78 is 38.8. The molecule has 0 saturated carbocycles. The molecule has 0 bridgehead atoms. The highest BCUT2D eigenvalue weighted by Crippen LogP contribution is 2.38. The first-order chi connectivity index (χ1) is 13.2. The topological polar surface area (TPSA) is 92.9 Å². The number of aromatic nitrogens is 4. The van der Waals surface area contributed by atoms with E-state index in [1.165, 1.54) is 11.7 Å². The number of carbonyl (C=O) groups is 1. The van der Waals surface area contributed by atoms with Gasteiger partial charge in [-0.05, 0) is 43.2 Å². The lowest BCUT2D eigenvalue weighted by atomic mass is 10.0. The second kappa shape index (κ2) is 6.47. The third-order valence-electron chi connectivity index (χ3n) is 4.73. The summed E-state index contributed by atoms with van der Waals surface area (Å²) in [6, 6.07) is 4.81. The van der Waals surface area contributed by atoms with Crippen LogP contribution in [0, 0.1) is 6.92 Å². The first kappa shape index (κ1) is 18.2. The molecular weight excluding hydrogens is 375 g/mol. The van der Waals surface area contributed by atoms with Crippen molar-refractivity contribution in [2.75, 3.05) is 6.54 Å². The summed E-state index contributed by atoms with van der Waals surface area (Å²) in [5.41, 5.74) is 0.687. The van der Waals surface area contributed by atoms with Crippen molar-refractivity contribution in [3.8, 4) is 17.0 Å². The van der Waals surface area contributed by atoms with Crippen molar-refractivity contribution >= 4 is 17.1 Å². The summed E-state index contributed by atoms with van der Waals surface area (Å²) in [5.74, 6) is -0.511. The number of carbonyl (C=O) groups excluding carboxylic acids is 1. The van der Waals surface area contributed by atoms with Gasteiger partial charge in [-0.3, -0.25) is 4.79 Å². The summed E-state index contributed by atoms with van der Waals surface area (Å²) in [6.45, 7) is 1.91. The molecule has 0 radical (unpaired) electrons. The molecule has 1 aromatic carbocycles. The number of aromatic hydroxyl groups is 1. The van der Waals surface area contributed by atoms with E-state index in [1.54, 1.807) is 12.1 Å². The lowest BCUT2D eigenvalue weighted by molar-refractivity contribution is -0.137. The zero-order chi connectivity index (χ0) is 20.1. The molecule has 28 heavy (non-hydrogen) atoms. The van der Waals surface area contributed by atoms with Gasteiger partial charge in [0.2, 0.25) is 11.6 Å². The smallest absolute Gasteiger partial charge is 0.416 e. The van der Waals surface area contributed by atoms with Crippen molar-refractivity contribution in [1.29, 1.82) is 0 Å². The lowest BCUT2D eigenvalue weighted by Crippen LogP contribution is -2.36. The minimum Gasteiger partial charge on any atom is -0.507 e. The zero-order valence-electron chi connectivity index (χ0n) is 14.8. The standard InChI is InChI=1S/C18H16F3N5O2/c1-9-6-10(18(19,20)21)7-14(27)16(9)12-3-4-13-17(23-12)25-26(24-13)11-2-5-15(28)22-8-11/h3-4,6-7,11,27H,2,5,8H2,1H3,(H,22,28). The third-order valence-corrected chi connectivity index (χ3v) is 4.73. The summed E-state index contributed by atoms with van der Waals surface area (Å²) >= 11 is 0. The number of aryl methyl sites for hydroxylation is 1. The van der Waals surface area contributed by atoms with Gasteiger partial charge in [0, 0.05) is 18.5 Å². The van der Waals surface area contributed by atoms with Crippen LogP contribution < -0.4 is 5.32 Å². The van der Waals surface area contributed by atoms with Crippen molar-refractivity contribution < 1.29 is 23.1 Å². The Morgan fingerprint density at radius 3 is 2.68 bits per heavy atom. The Morgan fingerprint density at radius 1 is 1.25 bits per heavy atom. The van der Waals surface area contributed by atoms with Gasteiger partial charge in [-0.25, -0.2) is 4.98 Å². The molecule has 1 unspecified atom stereocenters. The van der Waals surface area contributed by atoms with Gasteiger partial charge >= 0.3 is 6.18 Å². The van der Waals surface area contributed by atoms with Gasteiger partial charge in [0.15, 0.2) is 0 Å². The van der Waals surface area contributed by atoms with Crippen molar-refractivity contribution in [2.24, 2.45) is 0 Å². The molecule has 1 fully saturated rings. The van der Waals surface area contributed by atoms with E-state index in [0.717, 1.165) is 6.07 Å². The van der Waals surface area contributed by atoms with Crippen LogP contribution in [0.2, 0.25) is 0 Å². The fourth-order valence-electron chi connectivity index (χ4n) is 3.31. The van der Waals surface area contributed by atoms with Crippen LogP contribution in [-0.2, 0) is 11.0 Å². The van der Waals surface area contributed by atoms with Crippen molar-refractivity contribution in [3.05, 3.63) is 35.4 Å². The predicted octanol–water partition coefficient (Wildman–Crippen LogP) is 2.98. The number of piperidine rings is 1. The number of fused-ring (bicyclic) bond motifs is 1. The van der Waals surface area contributed by atoms with E-state index in [4.69, 9.17) is 0 Å². The molecule has 1 atom stereocenters. The number of nitrogens with zero attached hydrogens (tertiary/aromatic N) is 4. The van der Waals surface area contributed by atoms with Gasteiger partial charge in [0.25, 0.3) is 0 Å². The third kappa shape index (κ3) is 3.25.